The summed E-state index contributed by atoms with van der Waals surface area (Å²) in [5.74, 6) is 0. The molecule has 3 heteroatoms. The maximum Gasteiger partial charge on any atom is 0.0992 e. The Hall–Kier alpha value is -1.01. The highest BCUT2D eigenvalue weighted by Crippen LogP contribution is 2.23. The Morgan fingerprint density at radius 2 is 2.15 bits per heavy atom. The van der Waals surface area contributed by atoms with E-state index >= 15 is 0 Å². The standard InChI is InChI=1S/C10H11BrN2/c1-7(2)13-10-4-3-8(6-12)5-9(10)11/h3-5,7,13H,1-2H3. The molecule has 1 N–H and O–H groups in total. The lowest BCUT2D eigenvalue weighted by Gasteiger charge is -2.11. The van der Waals surface area contributed by atoms with E-state index in [1.807, 2.05) is 12.1 Å². The van der Waals surface area contributed by atoms with Gasteiger partial charge in [0.05, 0.1) is 11.6 Å². The summed E-state index contributed by atoms with van der Waals surface area (Å²) < 4.78 is 0.931. The maximum absolute atomic E-state index is 8.64. The molecule has 68 valence electrons. The van der Waals surface area contributed by atoms with E-state index in [-0.39, 0.29) is 0 Å². The topological polar surface area (TPSA) is 35.8 Å². The van der Waals surface area contributed by atoms with Crippen LogP contribution in [0.4, 0.5) is 5.69 Å². The number of hydrogen-bond donors (Lipinski definition) is 1. The number of nitrogens with zero attached hydrogens (tertiary/aromatic N) is 1. The highest BCUT2D eigenvalue weighted by Gasteiger charge is 2.01. The number of rotatable bonds is 2. The molecule has 0 amide bonds. The molecule has 1 rings (SSSR count). The van der Waals surface area contributed by atoms with Gasteiger partial charge in [0.25, 0.3) is 0 Å². The lowest BCUT2D eigenvalue weighted by Crippen LogP contribution is -2.09. The van der Waals surface area contributed by atoms with Gasteiger partial charge in [0.2, 0.25) is 0 Å². The number of benzene rings is 1. The van der Waals surface area contributed by atoms with Gasteiger partial charge in [0, 0.05) is 16.2 Å². The Kier molecular flexibility index (Phi) is 3.32. The van der Waals surface area contributed by atoms with Crippen molar-refractivity contribution in [3.63, 3.8) is 0 Å². The summed E-state index contributed by atoms with van der Waals surface area (Å²) in [5.41, 5.74) is 1.69. The summed E-state index contributed by atoms with van der Waals surface area (Å²) in [4.78, 5) is 0. The van der Waals surface area contributed by atoms with Crippen molar-refractivity contribution in [2.45, 2.75) is 19.9 Å². The predicted molar refractivity (Wildman–Crippen MR) is 57.6 cm³/mol. The van der Waals surface area contributed by atoms with E-state index in [9.17, 15) is 0 Å². The van der Waals surface area contributed by atoms with Crippen molar-refractivity contribution in [1.29, 1.82) is 5.26 Å². The van der Waals surface area contributed by atoms with Crippen LogP contribution in [0.2, 0.25) is 0 Å². The van der Waals surface area contributed by atoms with Crippen LogP contribution in [0.25, 0.3) is 0 Å². The van der Waals surface area contributed by atoms with E-state index in [4.69, 9.17) is 5.26 Å². The number of anilines is 1. The van der Waals surface area contributed by atoms with Crippen molar-refractivity contribution in [3.05, 3.63) is 28.2 Å². The van der Waals surface area contributed by atoms with Crippen LogP contribution in [-0.2, 0) is 0 Å². The van der Waals surface area contributed by atoms with Crippen LogP contribution in [0, 0.1) is 11.3 Å². The molecule has 0 aromatic heterocycles. The van der Waals surface area contributed by atoms with Gasteiger partial charge in [0.15, 0.2) is 0 Å². The molecular formula is C10H11BrN2. The van der Waals surface area contributed by atoms with Gasteiger partial charge in [-0.3, -0.25) is 0 Å². The zero-order chi connectivity index (χ0) is 9.84. The summed E-state index contributed by atoms with van der Waals surface area (Å²) in [7, 11) is 0. The number of nitrogens with one attached hydrogen (secondary N) is 1. The molecule has 0 bridgehead atoms. The lowest BCUT2D eigenvalue weighted by atomic mass is 10.2. The first-order valence-corrected chi connectivity index (χ1v) is 4.89. The monoisotopic (exact) mass is 238 g/mol. The third kappa shape index (κ3) is 2.74. The van der Waals surface area contributed by atoms with Crippen molar-refractivity contribution in [2.24, 2.45) is 0 Å². The molecule has 0 fully saturated rings. The second-order valence-electron chi connectivity index (χ2n) is 3.11. The molecule has 0 aliphatic heterocycles. The van der Waals surface area contributed by atoms with Gasteiger partial charge in [-0.1, -0.05) is 0 Å². The first-order valence-electron chi connectivity index (χ1n) is 4.09. The van der Waals surface area contributed by atoms with Gasteiger partial charge in [-0.05, 0) is 48.0 Å². The first kappa shape index (κ1) is 10.1. The minimum absolute atomic E-state index is 0.393. The van der Waals surface area contributed by atoms with Gasteiger partial charge >= 0.3 is 0 Å². The molecule has 0 spiro atoms. The molecule has 0 atom stereocenters. The highest BCUT2D eigenvalue weighted by atomic mass is 79.9. The summed E-state index contributed by atoms with van der Waals surface area (Å²) in [6.07, 6.45) is 0. The van der Waals surface area contributed by atoms with Crippen LogP contribution in [0.15, 0.2) is 22.7 Å². The van der Waals surface area contributed by atoms with Crippen molar-refractivity contribution in [2.75, 3.05) is 5.32 Å². The molecule has 0 heterocycles. The van der Waals surface area contributed by atoms with Crippen LogP contribution in [0.5, 0.6) is 0 Å². The van der Waals surface area contributed by atoms with Crippen LogP contribution in [-0.4, -0.2) is 6.04 Å². The normalized spacial score (nSPS) is 9.77. The van der Waals surface area contributed by atoms with E-state index in [0.29, 0.717) is 11.6 Å². The van der Waals surface area contributed by atoms with E-state index < -0.39 is 0 Å². The fraction of sp³-hybridized carbons (Fsp3) is 0.300. The third-order valence-electron chi connectivity index (χ3n) is 1.54. The fourth-order valence-corrected chi connectivity index (χ4v) is 1.51. The van der Waals surface area contributed by atoms with Gasteiger partial charge in [-0.15, -0.1) is 0 Å². The van der Waals surface area contributed by atoms with Gasteiger partial charge in [-0.2, -0.15) is 5.26 Å². The Labute approximate surface area is 86.7 Å². The fourth-order valence-electron chi connectivity index (χ4n) is 1.01. The van der Waals surface area contributed by atoms with Crippen molar-refractivity contribution >= 4 is 21.6 Å². The second-order valence-corrected chi connectivity index (χ2v) is 3.96. The molecular weight excluding hydrogens is 228 g/mol. The SMILES string of the molecule is CC(C)Nc1ccc(C#N)cc1Br. The van der Waals surface area contributed by atoms with E-state index in [1.165, 1.54) is 0 Å². The third-order valence-corrected chi connectivity index (χ3v) is 2.20. The summed E-state index contributed by atoms with van der Waals surface area (Å²) in [6.45, 7) is 4.15. The zero-order valence-corrected chi connectivity index (χ0v) is 9.22. The molecule has 0 unspecified atom stereocenters. The van der Waals surface area contributed by atoms with Gasteiger partial charge in [-0.25, -0.2) is 0 Å². The molecule has 0 saturated heterocycles. The quantitative estimate of drug-likeness (QED) is 0.860. The first-order chi connectivity index (χ1) is 6.13. The molecule has 13 heavy (non-hydrogen) atoms. The summed E-state index contributed by atoms with van der Waals surface area (Å²) >= 11 is 3.40. The van der Waals surface area contributed by atoms with Crippen molar-refractivity contribution < 1.29 is 0 Å². The lowest BCUT2D eigenvalue weighted by molar-refractivity contribution is 0.898. The second kappa shape index (κ2) is 4.29. The van der Waals surface area contributed by atoms with E-state index in [2.05, 4.69) is 41.2 Å². The summed E-state index contributed by atoms with van der Waals surface area (Å²) in [5, 5.41) is 11.9. The van der Waals surface area contributed by atoms with Crippen LogP contribution < -0.4 is 5.32 Å². The van der Waals surface area contributed by atoms with Gasteiger partial charge < -0.3 is 5.32 Å². The van der Waals surface area contributed by atoms with Crippen LogP contribution in [0.3, 0.4) is 0 Å². The maximum atomic E-state index is 8.64. The number of halogens is 1. The Bertz CT molecular complexity index is 339. The minimum Gasteiger partial charge on any atom is -0.382 e. The largest absolute Gasteiger partial charge is 0.382 e. The molecule has 1 aromatic carbocycles. The molecule has 2 nitrogen and oxygen atoms in total. The van der Waals surface area contributed by atoms with E-state index in [0.717, 1.165) is 10.2 Å². The van der Waals surface area contributed by atoms with Crippen LogP contribution >= 0.6 is 15.9 Å². The smallest absolute Gasteiger partial charge is 0.0992 e. The van der Waals surface area contributed by atoms with Crippen molar-refractivity contribution in [1.82, 2.24) is 0 Å². The van der Waals surface area contributed by atoms with Crippen molar-refractivity contribution in [3.8, 4) is 6.07 Å². The highest BCUT2D eigenvalue weighted by molar-refractivity contribution is 9.10. The molecule has 0 saturated carbocycles. The van der Waals surface area contributed by atoms with Gasteiger partial charge in [0.1, 0.15) is 0 Å². The Balaban J connectivity index is 2.93. The number of hydrogen-bond acceptors (Lipinski definition) is 2. The van der Waals surface area contributed by atoms with Crippen LogP contribution in [0.1, 0.15) is 19.4 Å². The van der Waals surface area contributed by atoms with E-state index in [1.54, 1.807) is 6.07 Å². The molecule has 1 aromatic rings. The Morgan fingerprint density at radius 1 is 1.46 bits per heavy atom. The summed E-state index contributed by atoms with van der Waals surface area (Å²) in [6, 6.07) is 8.00. The predicted octanol–water partition coefficient (Wildman–Crippen LogP) is 3.14. The minimum atomic E-state index is 0.393. The zero-order valence-electron chi connectivity index (χ0n) is 7.63. The average molecular weight is 239 g/mol. The molecule has 0 aliphatic carbocycles. The number of nitriles is 1. The molecule has 0 aliphatic rings. The molecule has 0 radical (unpaired) electrons. The Morgan fingerprint density at radius 3 is 2.62 bits per heavy atom. The average Bonchev–Trinajstić information content (AvgIpc) is 2.08.